The molecular weight excluding hydrogens is 442 g/mol. The van der Waals surface area contributed by atoms with E-state index < -0.39 is 0 Å². The summed E-state index contributed by atoms with van der Waals surface area (Å²) in [4.78, 5) is 36.0. The predicted molar refractivity (Wildman–Crippen MR) is 125 cm³/mol. The van der Waals surface area contributed by atoms with Crippen molar-refractivity contribution in [2.75, 3.05) is 42.5 Å². The third-order valence-electron chi connectivity index (χ3n) is 6.20. The normalized spacial score (nSPS) is 18.8. The first-order valence-corrected chi connectivity index (χ1v) is 11.4. The van der Waals surface area contributed by atoms with Crippen LogP contribution in [0, 0.1) is 12.8 Å². The number of amides is 2. The maximum atomic E-state index is 13.2. The molecule has 2 aliphatic rings. The zero-order valence-corrected chi connectivity index (χ0v) is 19.0. The molecule has 0 unspecified atom stereocenters. The third-order valence-corrected chi connectivity index (χ3v) is 6.45. The molecule has 3 heterocycles. The summed E-state index contributed by atoms with van der Waals surface area (Å²) < 4.78 is 5.06. The van der Waals surface area contributed by atoms with Gasteiger partial charge in [0.25, 0.3) is 0 Å². The van der Waals surface area contributed by atoms with E-state index in [4.69, 9.17) is 16.1 Å². The van der Waals surface area contributed by atoms with Crippen molar-refractivity contribution in [1.82, 2.24) is 15.0 Å². The Morgan fingerprint density at radius 2 is 1.82 bits per heavy atom. The minimum absolute atomic E-state index is 0.0467. The molecule has 0 aliphatic carbocycles. The summed E-state index contributed by atoms with van der Waals surface area (Å²) in [5.74, 6) is 0.624. The van der Waals surface area contributed by atoms with Crippen molar-refractivity contribution in [3.63, 3.8) is 0 Å². The van der Waals surface area contributed by atoms with Gasteiger partial charge in [-0.1, -0.05) is 28.9 Å². The van der Waals surface area contributed by atoms with E-state index in [2.05, 4.69) is 15.0 Å². The number of nitrogens with zero attached hydrogens (tertiary/aromatic N) is 5. The maximum Gasteiger partial charge on any atom is 0.228 e. The first-order chi connectivity index (χ1) is 16.0. The molecule has 2 aliphatic heterocycles. The zero-order valence-electron chi connectivity index (χ0n) is 18.3. The highest BCUT2D eigenvalue weighted by Gasteiger charge is 2.38. The van der Waals surface area contributed by atoms with Gasteiger partial charge in [-0.15, -0.1) is 0 Å². The summed E-state index contributed by atoms with van der Waals surface area (Å²) in [6.07, 6.45) is 0.224. The zero-order chi connectivity index (χ0) is 22.9. The smallest absolute Gasteiger partial charge is 0.228 e. The van der Waals surface area contributed by atoms with Crippen LogP contribution in [0.1, 0.15) is 12.3 Å². The van der Waals surface area contributed by atoms with Gasteiger partial charge in [0.2, 0.25) is 23.5 Å². The van der Waals surface area contributed by atoms with Gasteiger partial charge < -0.3 is 19.2 Å². The maximum absolute atomic E-state index is 13.2. The quantitative estimate of drug-likeness (QED) is 0.587. The van der Waals surface area contributed by atoms with Crippen LogP contribution in [-0.2, 0) is 9.59 Å². The topological polar surface area (TPSA) is 82.8 Å². The summed E-state index contributed by atoms with van der Waals surface area (Å²) in [5.41, 5.74) is 2.61. The van der Waals surface area contributed by atoms with Crippen molar-refractivity contribution < 1.29 is 14.1 Å². The molecule has 2 saturated heterocycles. The molecule has 3 aromatic rings. The van der Waals surface area contributed by atoms with E-state index >= 15 is 0 Å². The second-order valence-corrected chi connectivity index (χ2v) is 8.82. The fourth-order valence-electron chi connectivity index (χ4n) is 4.45. The van der Waals surface area contributed by atoms with Gasteiger partial charge in [0, 0.05) is 68.0 Å². The number of aromatic nitrogens is 2. The largest absolute Gasteiger partial charge is 0.368 e. The van der Waals surface area contributed by atoms with Crippen LogP contribution in [0.4, 0.5) is 11.4 Å². The molecule has 0 radical (unpaired) electrons. The minimum atomic E-state index is -0.337. The first kappa shape index (κ1) is 21.5. The molecular formula is C24H24ClN5O3. The number of hydrogen-bond acceptors (Lipinski definition) is 6. The number of piperazine rings is 1. The fraction of sp³-hybridized carbons (Fsp3) is 0.333. The Hall–Kier alpha value is -3.39. The minimum Gasteiger partial charge on any atom is -0.368 e. The van der Waals surface area contributed by atoms with Gasteiger partial charge in [0.15, 0.2) is 0 Å². The number of benzene rings is 2. The molecule has 5 rings (SSSR count). The van der Waals surface area contributed by atoms with Crippen LogP contribution in [0.15, 0.2) is 53.1 Å². The van der Waals surface area contributed by atoms with E-state index in [0.717, 1.165) is 30.0 Å². The molecule has 9 heteroatoms. The van der Waals surface area contributed by atoms with Crippen LogP contribution in [0.25, 0.3) is 11.4 Å². The van der Waals surface area contributed by atoms with Crippen molar-refractivity contribution in [3.05, 3.63) is 59.4 Å². The average Bonchev–Trinajstić information content (AvgIpc) is 3.45. The van der Waals surface area contributed by atoms with Crippen LogP contribution in [0.5, 0.6) is 0 Å². The summed E-state index contributed by atoms with van der Waals surface area (Å²) in [6, 6.07) is 15.2. The van der Waals surface area contributed by atoms with Crippen LogP contribution >= 0.6 is 11.6 Å². The number of anilines is 2. The van der Waals surface area contributed by atoms with E-state index in [0.29, 0.717) is 36.4 Å². The van der Waals surface area contributed by atoms with Crippen LogP contribution in [-0.4, -0.2) is 59.6 Å². The molecule has 0 bridgehead atoms. The first-order valence-electron chi connectivity index (χ1n) is 11.0. The lowest BCUT2D eigenvalue weighted by Crippen LogP contribution is -2.50. The SMILES string of the molecule is Cc1nc(-c2cccc(N3C[C@H](C(=O)N4CCN(c5ccc(Cl)cc5)CC4)CC3=O)c2)no1. The van der Waals surface area contributed by atoms with Crippen molar-refractivity contribution in [1.29, 1.82) is 0 Å². The van der Waals surface area contributed by atoms with Gasteiger partial charge in [0.05, 0.1) is 5.92 Å². The Morgan fingerprint density at radius 3 is 2.52 bits per heavy atom. The number of halogens is 1. The predicted octanol–water partition coefficient (Wildman–Crippen LogP) is 3.40. The molecule has 0 spiro atoms. The average molecular weight is 466 g/mol. The molecule has 1 aromatic heterocycles. The van der Waals surface area contributed by atoms with Crippen molar-refractivity contribution in [3.8, 4) is 11.4 Å². The van der Waals surface area contributed by atoms with E-state index in [1.807, 2.05) is 53.4 Å². The molecule has 1 atom stereocenters. The molecule has 0 saturated carbocycles. The molecule has 0 N–H and O–H groups in total. The van der Waals surface area contributed by atoms with Gasteiger partial charge in [0.1, 0.15) is 0 Å². The van der Waals surface area contributed by atoms with E-state index in [1.165, 1.54) is 0 Å². The van der Waals surface area contributed by atoms with Gasteiger partial charge in [-0.25, -0.2) is 0 Å². The highest BCUT2D eigenvalue weighted by molar-refractivity contribution is 6.30. The molecule has 8 nitrogen and oxygen atoms in total. The lowest BCUT2D eigenvalue weighted by Gasteiger charge is -2.37. The standard InChI is InChI=1S/C24H24ClN5O3/c1-16-26-23(27-33-16)17-3-2-4-21(13-17)30-15-18(14-22(30)31)24(32)29-11-9-28(10-12-29)20-7-5-19(25)6-8-20/h2-8,13,18H,9-12,14-15H2,1H3/t18-/m1/s1. The van der Waals surface area contributed by atoms with E-state index in [1.54, 1.807) is 11.8 Å². The molecule has 33 heavy (non-hydrogen) atoms. The second-order valence-electron chi connectivity index (χ2n) is 8.38. The number of aryl methyl sites for hydroxylation is 1. The Labute approximate surface area is 196 Å². The molecule has 2 fully saturated rings. The van der Waals surface area contributed by atoms with Gasteiger partial charge in [-0.2, -0.15) is 4.98 Å². The highest BCUT2D eigenvalue weighted by Crippen LogP contribution is 2.30. The monoisotopic (exact) mass is 465 g/mol. The third kappa shape index (κ3) is 4.43. The van der Waals surface area contributed by atoms with Crippen LogP contribution in [0.3, 0.4) is 0 Å². The fourth-order valence-corrected chi connectivity index (χ4v) is 4.57. The Morgan fingerprint density at radius 1 is 1.06 bits per heavy atom. The van der Waals surface area contributed by atoms with Crippen molar-refractivity contribution in [2.24, 2.45) is 5.92 Å². The highest BCUT2D eigenvalue weighted by atomic mass is 35.5. The van der Waals surface area contributed by atoms with Gasteiger partial charge in [-0.05, 0) is 36.4 Å². The number of hydrogen-bond donors (Lipinski definition) is 0. The molecule has 2 amide bonds. The molecule has 170 valence electrons. The number of carbonyl (C=O) groups excluding carboxylic acids is 2. The summed E-state index contributed by atoms with van der Waals surface area (Å²) in [7, 11) is 0. The Bertz CT molecular complexity index is 1170. The van der Waals surface area contributed by atoms with Crippen LogP contribution in [0.2, 0.25) is 5.02 Å². The summed E-state index contributed by atoms with van der Waals surface area (Å²) in [6.45, 7) is 4.89. The number of carbonyl (C=O) groups is 2. The van der Waals surface area contributed by atoms with E-state index in [9.17, 15) is 9.59 Å². The Balaban J connectivity index is 1.23. The second kappa shape index (κ2) is 8.86. The number of rotatable bonds is 4. The van der Waals surface area contributed by atoms with Gasteiger partial charge >= 0.3 is 0 Å². The summed E-state index contributed by atoms with van der Waals surface area (Å²) >= 11 is 5.98. The Kier molecular flexibility index (Phi) is 5.76. The van der Waals surface area contributed by atoms with Crippen LogP contribution < -0.4 is 9.80 Å². The summed E-state index contributed by atoms with van der Waals surface area (Å²) in [5, 5.41) is 4.66. The van der Waals surface area contributed by atoms with E-state index in [-0.39, 0.29) is 24.2 Å². The lowest BCUT2D eigenvalue weighted by atomic mass is 10.1. The van der Waals surface area contributed by atoms with Gasteiger partial charge in [-0.3, -0.25) is 9.59 Å². The van der Waals surface area contributed by atoms with Crippen molar-refractivity contribution >= 4 is 34.8 Å². The molecule has 2 aromatic carbocycles. The lowest BCUT2D eigenvalue weighted by molar-refractivity contribution is -0.136. The van der Waals surface area contributed by atoms with Crippen molar-refractivity contribution in [2.45, 2.75) is 13.3 Å².